The van der Waals surface area contributed by atoms with Gasteiger partial charge in [-0.05, 0) is 19.9 Å². The van der Waals surface area contributed by atoms with E-state index in [2.05, 4.69) is 25.1 Å². The third kappa shape index (κ3) is 2.13. The van der Waals surface area contributed by atoms with E-state index in [9.17, 15) is 0 Å². The molecule has 0 radical (unpaired) electrons. The molecule has 0 amide bonds. The largest absolute Gasteiger partial charge is 0.475 e. The molecule has 0 spiro atoms. The summed E-state index contributed by atoms with van der Waals surface area (Å²) in [4.78, 5) is 12.3. The zero-order valence-electron chi connectivity index (χ0n) is 11.2. The molecule has 0 saturated heterocycles. The van der Waals surface area contributed by atoms with Crippen molar-refractivity contribution >= 4 is 16.9 Å². The Labute approximate surface area is 115 Å². The molecule has 7 heteroatoms. The second-order valence-electron chi connectivity index (χ2n) is 4.61. The fraction of sp³-hybridized carbons (Fsp3) is 0.231. The van der Waals surface area contributed by atoms with Crippen molar-refractivity contribution in [3.63, 3.8) is 0 Å². The van der Waals surface area contributed by atoms with Crippen molar-refractivity contribution < 1.29 is 4.74 Å². The summed E-state index contributed by atoms with van der Waals surface area (Å²) >= 11 is 0. The van der Waals surface area contributed by atoms with E-state index in [1.165, 1.54) is 6.33 Å². The molecule has 0 saturated carbocycles. The minimum Gasteiger partial charge on any atom is -0.475 e. The highest BCUT2D eigenvalue weighted by Crippen LogP contribution is 2.28. The van der Waals surface area contributed by atoms with Gasteiger partial charge in [-0.25, -0.2) is 15.0 Å². The molecule has 0 atom stereocenters. The van der Waals surface area contributed by atoms with Gasteiger partial charge in [0, 0.05) is 17.8 Å². The van der Waals surface area contributed by atoms with E-state index < -0.39 is 0 Å². The van der Waals surface area contributed by atoms with Crippen molar-refractivity contribution in [1.29, 1.82) is 0 Å². The standard InChI is InChI=1S/C13H14N6O/c1-7(2)20-9-4-3-8(5-15-9)11-10-12(14)16-6-17-13(10)19-18-11/h3-7H,1-2H3,(H3,14,16,17,18,19). The summed E-state index contributed by atoms with van der Waals surface area (Å²) in [6.07, 6.45) is 3.18. The lowest BCUT2D eigenvalue weighted by Gasteiger charge is -2.08. The van der Waals surface area contributed by atoms with Crippen LogP contribution in [0, 0.1) is 0 Å². The third-order valence-corrected chi connectivity index (χ3v) is 2.75. The first-order valence-corrected chi connectivity index (χ1v) is 6.23. The number of anilines is 1. The van der Waals surface area contributed by atoms with E-state index in [1.54, 1.807) is 12.3 Å². The average Bonchev–Trinajstić information content (AvgIpc) is 2.84. The number of hydrogen-bond donors (Lipinski definition) is 2. The van der Waals surface area contributed by atoms with Crippen LogP contribution in [0.3, 0.4) is 0 Å². The van der Waals surface area contributed by atoms with E-state index in [1.807, 2.05) is 19.9 Å². The highest BCUT2D eigenvalue weighted by atomic mass is 16.5. The van der Waals surface area contributed by atoms with E-state index >= 15 is 0 Å². The highest BCUT2D eigenvalue weighted by Gasteiger charge is 2.13. The van der Waals surface area contributed by atoms with E-state index in [-0.39, 0.29) is 6.10 Å². The number of nitrogens with one attached hydrogen (secondary N) is 1. The molecule has 0 aliphatic carbocycles. The number of nitrogen functional groups attached to an aromatic ring is 1. The molecule has 0 fully saturated rings. The van der Waals surface area contributed by atoms with Gasteiger partial charge in [-0.15, -0.1) is 0 Å². The van der Waals surface area contributed by atoms with Crippen LogP contribution in [0.5, 0.6) is 5.88 Å². The summed E-state index contributed by atoms with van der Waals surface area (Å²) < 4.78 is 5.51. The smallest absolute Gasteiger partial charge is 0.213 e. The maximum atomic E-state index is 5.88. The number of nitrogens with two attached hydrogens (primary N) is 1. The van der Waals surface area contributed by atoms with Crippen LogP contribution in [0.1, 0.15) is 13.8 Å². The summed E-state index contributed by atoms with van der Waals surface area (Å²) in [5.41, 5.74) is 7.99. The Hall–Kier alpha value is -2.70. The van der Waals surface area contributed by atoms with E-state index in [0.717, 1.165) is 5.56 Å². The number of hydrogen-bond acceptors (Lipinski definition) is 6. The molecule has 0 aromatic carbocycles. The fourth-order valence-corrected chi connectivity index (χ4v) is 1.92. The van der Waals surface area contributed by atoms with Gasteiger partial charge in [0.05, 0.1) is 11.5 Å². The van der Waals surface area contributed by atoms with Gasteiger partial charge in [0.15, 0.2) is 5.65 Å². The van der Waals surface area contributed by atoms with Crippen LogP contribution < -0.4 is 10.5 Å². The molecule has 3 aromatic rings. The third-order valence-electron chi connectivity index (χ3n) is 2.75. The molecule has 0 bridgehead atoms. The van der Waals surface area contributed by atoms with E-state index in [4.69, 9.17) is 10.5 Å². The van der Waals surface area contributed by atoms with Gasteiger partial charge >= 0.3 is 0 Å². The molecule has 3 rings (SSSR count). The Morgan fingerprint density at radius 3 is 2.75 bits per heavy atom. The predicted molar refractivity (Wildman–Crippen MR) is 75.1 cm³/mol. The summed E-state index contributed by atoms with van der Waals surface area (Å²) in [6, 6.07) is 3.68. The van der Waals surface area contributed by atoms with E-state index in [0.29, 0.717) is 28.4 Å². The minimum absolute atomic E-state index is 0.0867. The molecule has 3 N–H and O–H groups in total. The molecule has 0 aliphatic heterocycles. The van der Waals surface area contributed by atoms with Crippen molar-refractivity contribution in [3.05, 3.63) is 24.7 Å². The Morgan fingerprint density at radius 2 is 2.05 bits per heavy atom. The minimum atomic E-state index is 0.0867. The number of nitrogens with zero attached hydrogens (tertiary/aromatic N) is 4. The van der Waals surface area contributed by atoms with Crippen LogP contribution in [-0.4, -0.2) is 31.3 Å². The molecule has 3 aromatic heterocycles. The van der Waals surface area contributed by atoms with Gasteiger partial charge in [-0.3, -0.25) is 5.10 Å². The Morgan fingerprint density at radius 1 is 1.20 bits per heavy atom. The molecular weight excluding hydrogens is 256 g/mol. The van der Waals surface area contributed by atoms with Gasteiger partial charge in [0.2, 0.25) is 5.88 Å². The summed E-state index contributed by atoms with van der Waals surface area (Å²) in [5.74, 6) is 0.967. The van der Waals surface area contributed by atoms with Crippen molar-refractivity contribution in [2.45, 2.75) is 20.0 Å². The van der Waals surface area contributed by atoms with Gasteiger partial charge in [-0.1, -0.05) is 0 Å². The predicted octanol–water partition coefficient (Wildman–Crippen LogP) is 1.78. The first-order valence-electron chi connectivity index (χ1n) is 6.23. The maximum absolute atomic E-state index is 5.88. The monoisotopic (exact) mass is 270 g/mol. The first-order chi connectivity index (χ1) is 9.65. The quantitative estimate of drug-likeness (QED) is 0.752. The zero-order valence-corrected chi connectivity index (χ0v) is 11.2. The summed E-state index contributed by atoms with van der Waals surface area (Å²) in [5, 5.41) is 7.76. The first kappa shape index (κ1) is 12.3. The normalized spacial score (nSPS) is 11.2. The number of pyridine rings is 1. The number of fused-ring (bicyclic) bond motifs is 1. The molecule has 102 valence electrons. The number of ether oxygens (including phenoxy) is 1. The molecular formula is C13H14N6O. The van der Waals surface area contributed by atoms with Gasteiger partial charge in [0.25, 0.3) is 0 Å². The second-order valence-corrected chi connectivity index (χ2v) is 4.61. The Bertz CT molecular complexity index is 734. The van der Waals surface area contributed by atoms with Crippen LogP contribution in [0.2, 0.25) is 0 Å². The van der Waals surface area contributed by atoms with Gasteiger partial charge < -0.3 is 10.5 Å². The van der Waals surface area contributed by atoms with Crippen LogP contribution in [-0.2, 0) is 0 Å². The topological polar surface area (TPSA) is 103 Å². The number of rotatable bonds is 3. The fourth-order valence-electron chi connectivity index (χ4n) is 1.92. The average molecular weight is 270 g/mol. The van der Waals surface area contributed by atoms with Crippen LogP contribution in [0.15, 0.2) is 24.7 Å². The molecule has 3 heterocycles. The Balaban J connectivity index is 2.03. The molecule has 7 nitrogen and oxygen atoms in total. The van der Waals surface area contributed by atoms with Crippen molar-refractivity contribution in [2.75, 3.05) is 5.73 Å². The molecule has 0 unspecified atom stereocenters. The van der Waals surface area contributed by atoms with Crippen molar-refractivity contribution in [1.82, 2.24) is 25.1 Å². The summed E-state index contributed by atoms with van der Waals surface area (Å²) in [7, 11) is 0. The summed E-state index contributed by atoms with van der Waals surface area (Å²) in [6.45, 7) is 3.91. The SMILES string of the molecule is CC(C)Oc1ccc(-c2n[nH]c3ncnc(N)c23)cn1. The van der Waals surface area contributed by atoms with Crippen LogP contribution >= 0.6 is 0 Å². The van der Waals surface area contributed by atoms with Crippen molar-refractivity contribution in [3.8, 4) is 17.1 Å². The van der Waals surface area contributed by atoms with Gasteiger partial charge in [0.1, 0.15) is 17.8 Å². The molecule has 20 heavy (non-hydrogen) atoms. The van der Waals surface area contributed by atoms with Crippen LogP contribution in [0.4, 0.5) is 5.82 Å². The highest BCUT2D eigenvalue weighted by molar-refractivity contribution is 5.97. The van der Waals surface area contributed by atoms with Gasteiger partial charge in [-0.2, -0.15) is 5.10 Å². The number of H-pyrrole nitrogens is 1. The Kier molecular flexibility index (Phi) is 2.94. The zero-order chi connectivity index (χ0) is 14.1. The lowest BCUT2D eigenvalue weighted by molar-refractivity contribution is 0.232. The number of aromatic nitrogens is 5. The number of aromatic amines is 1. The molecule has 0 aliphatic rings. The van der Waals surface area contributed by atoms with Crippen molar-refractivity contribution in [2.24, 2.45) is 0 Å². The van der Waals surface area contributed by atoms with Crippen LogP contribution in [0.25, 0.3) is 22.3 Å². The maximum Gasteiger partial charge on any atom is 0.213 e. The lowest BCUT2D eigenvalue weighted by atomic mass is 10.1. The lowest BCUT2D eigenvalue weighted by Crippen LogP contribution is -2.06. The second kappa shape index (κ2) is 4.76.